The van der Waals surface area contributed by atoms with Crippen molar-refractivity contribution in [2.75, 3.05) is 5.32 Å². The fraction of sp³-hybridized carbons (Fsp3) is 0.389. The van der Waals surface area contributed by atoms with Gasteiger partial charge in [-0.2, -0.15) is 5.10 Å². The molecule has 6 heteroatoms. The van der Waals surface area contributed by atoms with E-state index in [9.17, 15) is 9.59 Å². The Balaban J connectivity index is 2.01. The molecule has 128 valence electrons. The summed E-state index contributed by atoms with van der Waals surface area (Å²) in [6.07, 6.45) is 0.705. The smallest absolute Gasteiger partial charge is 0.338 e. The van der Waals surface area contributed by atoms with Gasteiger partial charge in [0.05, 0.1) is 11.8 Å². The highest BCUT2D eigenvalue weighted by molar-refractivity contribution is 5.97. The van der Waals surface area contributed by atoms with Gasteiger partial charge >= 0.3 is 5.97 Å². The van der Waals surface area contributed by atoms with E-state index in [0.717, 1.165) is 11.1 Å². The van der Waals surface area contributed by atoms with Crippen LogP contribution in [0.25, 0.3) is 0 Å². The molecule has 1 aromatic carbocycles. The fourth-order valence-corrected chi connectivity index (χ4v) is 2.20. The van der Waals surface area contributed by atoms with Crippen molar-refractivity contribution in [3.8, 4) is 0 Å². The Kier molecular flexibility index (Phi) is 5.39. The minimum atomic E-state index is -0.908. The molecule has 0 aliphatic carbocycles. The Hall–Kier alpha value is -2.63. The number of hydrogen-bond acceptors (Lipinski definition) is 4. The van der Waals surface area contributed by atoms with Crippen LogP contribution >= 0.6 is 0 Å². The third-order valence-corrected chi connectivity index (χ3v) is 3.81. The van der Waals surface area contributed by atoms with Gasteiger partial charge < -0.3 is 10.1 Å². The van der Waals surface area contributed by atoms with Crippen LogP contribution in [0.1, 0.15) is 48.3 Å². The van der Waals surface area contributed by atoms with Gasteiger partial charge in [-0.05, 0) is 57.9 Å². The third-order valence-electron chi connectivity index (χ3n) is 3.81. The number of hydrogen-bond donors (Lipinski definition) is 1. The van der Waals surface area contributed by atoms with Crippen LogP contribution in [0.5, 0.6) is 0 Å². The van der Waals surface area contributed by atoms with Gasteiger partial charge in [0.15, 0.2) is 6.10 Å². The lowest BCUT2D eigenvalue weighted by atomic mass is 10.1. The number of carbonyl (C=O) groups excluding carboxylic acids is 2. The number of nitrogens with one attached hydrogen (secondary N) is 1. The average Bonchev–Trinajstić information content (AvgIpc) is 2.98. The SMILES string of the molecule is Cc1ccc(C(=O)O[C@@H](C)C(=O)Nc2ccnn2C(C)C)cc1C. The van der Waals surface area contributed by atoms with Crippen LogP contribution in [-0.2, 0) is 9.53 Å². The zero-order chi connectivity index (χ0) is 17.9. The zero-order valence-electron chi connectivity index (χ0n) is 14.7. The van der Waals surface area contributed by atoms with Crippen molar-refractivity contribution in [3.05, 3.63) is 47.2 Å². The molecular weight excluding hydrogens is 306 g/mol. The van der Waals surface area contributed by atoms with Crippen LogP contribution in [0.3, 0.4) is 0 Å². The number of aryl methyl sites for hydroxylation is 2. The first-order valence-electron chi connectivity index (χ1n) is 7.92. The molecule has 0 saturated heterocycles. The Labute approximate surface area is 141 Å². The third kappa shape index (κ3) is 4.01. The standard InChI is InChI=1S/C18H23N3O3/c1-11(2)21-16(8-9-19-21)20-17(22)14(5)24-18(23)15-7-6-12(3)13(4)10-15/h6-11,14H,1-5H3,(H,20,22)/t14-/m0/s1. The lowest BCUT2D eigenvalue weighted by Crippen LogP contribution is -2.31. The molecule has 0 unspecified atom stereocenters. The molecule has 2 rings (SSSR count). The van der Waals surface area contributed by atoms with Crippen LogP contribution in [0.4, 0.5) is 5.82 Å². The number of ether oxygens (including phenoxy) is 1. The average molecular weight is 329 g/mol. The number of aromatic nitrogens is 2. The van der Waals surface area contributed by atoms with E-state index in [0.29, 0.717) is 11.4 Å². The quantitative estimate of drug-likeness (QED) is 0.855. The van der Waals surface area contributed by atoms with E-state index in [2.05, 4.69) is 10.4 Å². The summed E-state index contributed by atoms with van der Waals surface area (Å²) < 4.78 is 6.95. The summed E-state index contributed by atoms with van der Waals surface area (Å²) in [6, 6.07) is 7.14. The normalized spacial score (nSPS) is 12.1. The van der Waals surface area contributed by atoms with E-state index in [1.54, 1.807) is 36.0 Å². The topological polar surface area (TPSA) is 73.2 Å². The second-order valence-electron chi connectivity index (χ2n) is 6.09. The van der Waals surface area contributed by atoms with E-state index >= 15 is 0 Å². The summed E-state index contributed by atoms with van der Waals surface area (Å²) in [5, 5.41) is 6.88. The molecule has 1 N–H and O–H groups in total. The molecule has 1 aromatic heterocycles. The summed E-state index contributed by atoms with van der Waals surface area (Å²) >= 11 is 0. The summed E-state index contributed by atoms with van der Waals surface area (Å²) in [6.45, 7) is 9.37. The van der Waals surface area contributed by atoms with Gasteiger partial charge in [0.25, 0.3) is 5.91 Å². The van der Waals surface area contributed by atoms with E-state index in [1.165, 1.54) is 0 Å². The van der Waals surface area contributed by atoms with Gasteiger partial charge in [-0.25, -0.2) is 9.48 Å². The van der Waals surface area contributed by atoms with Crippen molar-refractivity contribution in [1.82, 2.24) is 9.78 Å². The number of carbonyl (C=O) groups is 2. The highest BCUT2D eigenvalue weighted by Gasteiger charge is 2.20. The van der Waals surface area contributed by atoms with Gasteiger partial charge in [0.1, 0.15) is 5.82 Å². The largest absolute Gasteiger partial charge is 0.449 e. The number of nitrogens with zero attached hydrogens (tertiary/aromatic N) is 2. The molecule has 0 spiro atoms. The van der Waals surface area contributed by atoms with Gasteiger partial charge in [-0.1, -0.05) is 6.07 Å². The maximum absolute atomic E-state index is 12.2. The first kappa shape index (κ1) is 17.7. The van der Waals surface area contributed by atoms with E-state index in [4.69, 9.17) is 4.74 Å². The molecule has 0 aliphatic rings. The number of esters is 1. The molecule has 2 aromatic rings. The molecule has 1 atom stereocenters. The monoisotopic (exact) mass is 329 g/mol. The Bertz CT molecular complexity index is 750. The minimum Gasteiger partial charge on any atom is -0.449 e. The predicted octanol–water partition coefficient (Wildman–Crippen LogP) is 3.26. The molecule has 0 aliphatic heterocycles. The lowest BCUT2D eigenvalue weighted by Gasteiger charge is -2.16. The van der Waals surface area contributed by atoms with E-state index in [1.807, 2.05) is 33.8 Å². The molecule has 1 heterocycles. The number of benzene rings is 1. The minimum absolute atomic E-state index is 0.115. The summed E-state index contributed by atoms with van der Waals surface area (Å²) in [5.41, 5.74) is 2.53. The lowest BCUT2D eigenvalue weighted by molar-refractivity contribution is -0.123. The van der Waals surface area contributed by atoms with E-state index < -0.39 is 18.0 Å². The van der Waals surface area contributed by atoms with Crippen molar-refractivity contribution >= 4 is 17.7 Å². The molecule has 6 nitrogen and oxygen atoms in total. The van der Waals surface area contributed by atoms with Crippen molar-refractivity contribution in [2.45, 2.75) is 46.8 Å². The Morgan fingerprint density at radius 1 is 1.12 bits per heavy atom. The maximum atomic E-state index is 12.2. The van der Waals surface area contributed by atoms with Crippen LogP contribution < -0.4 is 5.32 Å². The molecule has 0 radical (unpaired) electrons. The van der Waals surface area contributed by atoms with Crippen LogP contribution in [0, 0.1) is 13.8 Å². The first-order chi connectivity index (χ1) is 11.3. The van der Waals surface area contributed by atoms with Crippen molar-refractivity contribution < 1.29 is 14.3 Å². The van der Waals surface area contributed by atoms with Crippen LogP contribution in [-0.4, -0.2) is 27.8 Å². The summed E-state index contributed by atoms with van der Waals surface area (Å²) in [4.78, 5) is 24.4. The molecule has 1 amide bonds. The zero-order valence-corrected chi connectivity index (χ0v) is 14.7. The Morgan fingerprint density at radius 3 is 2.46 bits per heavy atom. The van der Waals surface area contributed by atoms with Crippen LogP contribution in [0.15, 0.2) is 30.5 Å². The molecule has 0 saturated carbocycles. The van der Waals surface area contributed by atoms with Crippen molar-refractivity contribution in [1.29, 1.82) is 0 Å². The summed E-state index contributed by atoms with van der Waals surface area (Å²) in [7, 11) is 0. The first-order valence-corrected chi connectivity index (χ1v) is 7.92. The number of anilines is 1. The van der Waals surface area contributed by atoms with Crippen molar-refractivity contribution in [3.63, 3.8) is 0 Å². The number of amides is 1. The van der Waals surface area contributed by atoms with Gasteiger partial charge in [-0.3, -0.25) is 4.79 Å². The van der Waals surface area contributed by atoms with Gasteiger partial charge in [0, 0.05) is 12.1 Å². The Morgan fingerprint density at radius 2 is 1.83 bits per heavy atom. The predicted molar refractivity (Wildman–Crippen MR) is 92.0 cm³/mol. The highest BCUT2D eigenvalue weighted by Crippen LogP contribution is 2.15. The van der Waals surface area contributed by atoms with Crippen LogP contribution in [0.2, 0.25) is 0 Å². The summed E-state index contributed by atoms with van der Waals surface area (Å²) in [5.74, 6) is -0.336. The molecule has 24 heavy (non-hydrogen) atoms. The number of rotatable bonds is 5. The molecular formula is C18H23N3O3. The second kappa shape index (κ2) is 7.29. The van der Waals surface area contributed by atoms with Gasteiger partial charge in [0.2, 0.25) is 0 Å². The van der Waals surface area contributed by atoms with Crippen molar-refractivity contribution in [2.24, 2.45) is 0 Å². The van der Waals surface area contributed by atoms with Gasteiger partial charge in [-0.15, -0.1) is 0 Å². The highest BCUT2D eigenvalue weighted by atomic mass is 16.5. The second-order valence-corrected chi connectivity index (χ2v) is 6.09. The molecule has 0 bridgehead atoms. The maximum Gasteiger partial charge on any atom is 0.338 e. The fourth-order valence-electron chi connectivity index (χ4n) is 2.20. The molecule has 0 fully saturated rings. The van der Waals surface area contributed by atoms with E-state index in [-0.39, 0.29) is 6.04 Å².